The standard InChI is InChI=1S/C13H10F2O2S/c14-13(15,18(16)17)12-8-6-11(7-9-12)10-4-2-1-3-5-10/h1-9H,(H,16,17). The number of halogens is 2. The lowest BCUT2D eigenvalue weighted by Crippen LogP contribution is -2.19. The Morgan fingerprint density at radius 2 is 1.39 bits per heavy atom. The smallest absolute Gasteiger partial charge is 0.301 e. The van der Waals surface area contributed by atoms with Gasteiger partial charge in [0.2, 0.25) is 11.1 Å². The molecule has 18 heavy (non-hydrogen) atoms. The van der Waals surface area contributed by atoms with Gasteiger partial charge in [-0.25, -0.2) is 4.21 Å². The van der Waals surface area contributed by atoms with Crippen LogP contribution in [-0.2, 0) is 16.3 Å². The van der Waals surface area contributed by atoms with Gasteiger partial charge in [-0.1, -0.05) is 54.6 Å². The molecule has 0 saturated heterocycles. The van der Waals surface area contributed by atoms with Gasteiger partial charge in [-0.05, 0) is 11.1 Å². The van der Waals surface area contributed by atoms with Gasteiger partial charge in [-0.2, -0.15) is 8.78 Å². The van der Waals surface area contributed by atoms with E-state index >= 15 is 0 Å². The summed E-state index contributed by atoms with van der Waals surface area (Å²) in [5, 5.41) is -3.74. The van der Waals surface area contributed by atoms with E-state index in [-0.39, 0.29) is 0 Å². The Labute approximate surface area is 106 Å². The number of benzene rings is 2. The molecule has 2 aromatic carbocycles. The highest BCUT2D eigenvalue weighted by atomic mass is 32.2. The van der Waals surface area contributed by atoms with Gasteiger partial charge in [0.1, 0.15) is 0 Å². The van der Waals surface area contributed by atoms with Crippen molar-refractivity contribution in [2.45, 2.75) is 5.25 Å². The minimum absolute atomic E-state index is 0.469. The van der Waals surface area contributed by atoms with Crippen molar-refractivity contribution in [1.82, 2.24) is 0 Å². The van der Waals surface area contributed by atoms with Gasteiger partial charge >= 0.3 is 5.25 Å². The molecule has 0 heterocycles. The third kappa shape index (κ3) is 2.47. The van der Waals surface area contributed by atoms with Crippen molar-refractivity contribution in [1.29, 1.82) is 0 Å². The molecule has 1 unspecified atom stereocenters. The van der Waals surface area contributed by atoms with Gasteiger partial charge in [-0.3, -0.25) is 0 Å². The summed E-state index contributed by atoms with van der Waals surface area (Å²) in [4.78, 5) is 0. The summed E-state index contributed by atoms with van der Waals surface area (Å²) in [6.07, 6.45) is 0. The fourth-order valence-electron chi connectivity index (χ4n) is 1.59. The molecular formula is C13H10F2O2S. The van der Waals surface area contributed by atoms with Crippen LogP contribution >= 0.6 is 0 Å². The molecule has 0 bridgehead atoms. The zero-order valence-corrected chi connectivity index (χ0v) is 10.0. The van der Waals surface area contributed by atoms with E-state index in [0.717, 1.165) is 23.3 Å². The Morgan fingerprint density at radius 3 is 1.89 bits per heavy atom. The Bertz CT molecular complexity index is 553. The lowest BCUT2D eigenvalue weighted by atomic mass is 10.0. The van der Waals surface area contributed by atoms with Gasteiger partial charge in [0.05, 0.1) is 0 Å². The molecule has 0 aliphatic carbocycles. The van der Waals surface area contributed by atoms with Crippen LogP contribution in [0.5, 0.6) is 0 Å². The maximum absolute atomic E-state index is 13.3. The third-order valence-corrected chi connectivity index (χ3v) is 3.22. The average molecular weight is 268 g/mol. The largest absolute Gasteiger partial charge is 0.370 e. The molecule has 0 aliphatic heterocycles. The van der Waals surface area contributed by atoms with Gasteiger partial charge in [0, 0.05) is 5.56 Å². The monoisotopic (exact) mass is 268 g/mol. The van der Waals surface area contributed by atoms with Crippen LogP contribution < -0.4 is 0 Å². The van der Waals surface area contributed by atoms with Crippen molar-refractivity contribution >= 4 is 11.1 Å². The number of rotatable bonds is 3. The first kappa shape index (κ1) is 12.9. The van der Waals surface area contributed by atoms with E-state index in [1.165, 1.54) is 12.1 Å². The number of alkyl halides is 2. The van der Waals surface area contributed by atoms with Gasteiger partial charge in [0.15, 0.2) is 0 Å². The Kier molecular flexibility index (Phi) is 3.54. The van der Waals surface area contributed by atoms with Gasteiger partial charge in [0.25, 0.3) is 0 Å². The third-order valence-electron chi connectivity index (χ3n) is 2.55. The molecule has 5 heteroatoms. The predicted molar refractivity (Wildman–Crippen MR) is 66.5 cm³/mol. The molecule has 0 fully saturated rings. The maximum atomic E-state index is 13.3. The molecule has 0 saturated carbocycles. The van der Waals surface area contributed by atoms with Crippen molar-refractivity contribution < 1.29 is 17.5 Å². The summed E-state index contributed by atoms with van der Waals surface area (Å²) in [7, 11) is 0. The lowest BCUT2D eigenvalue weighted by Gasteiger charge is -2.12. The molecule has 2 rings (SSSR count). The molecular weight excluding hydrogens is 258 g/mol. The summed E-state index contributed by atoms with van der Waals surface area (Å²) >= 11 is -3.21. The van der Waals surface area contributed by atoms with Crippen LogP contribution in [0.15, 0.2) is 54.6 Å². The summed E-state index contributed by atoms with van der Waals surface area (Å²) < 4.78 is 45.6. The van der Waals surface area contributed by atoms with Crippen LogP contribution in [0.4, 0.5) is 8.78 Å². The lowest BCUT2D eigenvalue weighted by molar-refractivity contribution is 0.0886. The average Bonchev–Trinajstić information content (AvgIpc) is 2.40. The van der Waals surface area contributed by atoms with Crippen LogP contribution in [0.25, 0.3) is 11.1 Å². The van der Waals surface area contributed by atoms with Crippen LogP contribution in [0, 0.1) is 0 Å². The Hall–Kier alpha value is -1.59. The highest BCUT2D eigenvalue weighted by Gasteiger charge is 2.38. The summed E-state index contributed by atoms with van der Waals surface area (Å²) in [6.45, 7) is 0. The van der Waals surface area contributed by atoms with Crippen LogP contribution in [0.1, 0.15) is 5.56 Å². The van der Waals surface area contributed by atoms with Gasteiger partial charge in [-0.15, -0.1) is 0 Å². The molecule has 0 radical (unpaired) electrons. The topological polar surface area (TPSA) is 37.3 Å². The van der Waals surface area contributed by atoms with E-state index < -0.39 is 21.9 Å². The molecule has 0 aliphatic rings. The summed E-state index contributed by atoms with van der Waals surface area (Å²) in [5.74, 6) is 0. The first-order valence-corrected chi connectivity index (χ1v) is 6.27. The quantitative estimate of drug-likeness (QED) is 0.863. The highest BCUT2D eigenvalue weighted by molar-refractivity contribution is 7.79. The van der Waals surface area contributed by atoms with E-state index in [2.05, 4.69) is 0 Å². The zero-order valence-electron chi connectivity index (χ0n) is 9.22. The van der Waals surface area contributed by atoms with Crippen LogP contribution in [0.2, 0.25) is 0 Å². The maximum Gasteiger partial charge on any atom is 0.370 e. The molecule has 2 aromatic rings. The predicted octanol–water partition coefficient (Wildman–Crippen LogP) is 3.62. The van der Waals surface area contributed by atoms with E-state index in [4.69, 9.17) is 4.55 Å². The SMILES string of the molecule is O=S(O)C(F)(F)c1ccc(-c2ccccc2)cc1. The van der Waals surface area contributed by atoms with E-state index in [0.29, 0.717) is 0 Å². The fourth-order valence-corrected chi connectivity index (χ4v) is 1.93. The van der Waals surface area contributed by atoms with E-state index in [9.17, 15) is 13.0 Å². The second kappa shape index (κ2) is 4.96. The molecule has 2 nitrogen and oxygen atoms in total. The fraction of sp³-hybridized carbons (Fsp3) is 0.0769. The zero-order chi connectivity index (χ0) is 13.2. The summed E-state index contributed by atoms with van der Waals surface area (Å²) in [5.41, 5.74) is 1.21. The second-order valence-electron chi connectivity index (χ2n) is 3.71. The molecule has 0 spiro atoms. The first-order chi connectivity index (χ1) is 8.51. The van der Waals surface area contributed by atoms with Crippen molar-refractivity contribution in [3.63, 3.8) is 0 Å². The van der Waals surface area contributed by atoms with Gasteiger partial charge < -0.3 is 4.55 Å². The van der Waals surface area contributed by atoms with E-state index in [1.54, 1.807) is 0 Å². The minimum atomic E-state index is -3.74. The van der Waals surface area contributed by atoms with Crippen molar-refractivity contribution in [3.8, 4) is 11.1 Å². The Morgan fingerprint density at radius 1 is 0.889 bits per heavy atom. The highest BCUT2D eigenvalue weighted by Crippen LogP contribution is 2.32. The normalized spacial score (nSPS) is 13.3. The van der Waals surface area contributed by atoms with Crippen molar-refractivity contribution in [2.24, 2.45) is 0 Å². The Balaban J connectivity index is 2.35. The number of hydrogen-bond donors (Lipinski definition) is 1. The van der Waals surface area contributed by atoms with Crippen molar-refractivity contribution in [2.75, 3.05) is 0 Å². The van der Waals surface area contributed by atoms with Crippen molar-refractivity contribution in [3.05, 3.63) is 60.2 Å². The minimum Gasteiger partial charge on any atom is -0.301 e. The number of hydrogen-bond acceptors (Lipinski definition) is 1. The first-order valence-electron chi connectivity index (χ1n) is 5.16. The molecule has 1 N–H and O–H groups in total. The second-order valence-corrected chi connectivity index (χ2v) is 4.72. The van der Waals surface area contributed by atoms with E-state index in [1.807, 2.05) is 30.3 Å². The molecule has 0 amide bonds. The van der Waals surface area contributed by atoms with Crippen LogP contribution in [-0.4, -0.2) is 8.76 Å². The van der Waals surface area contributed by atoms with Crippen LogP contribution in [0.3, 0.4) is 0 Å². The molecule has 0 aromatic heterocycles. The summed E-state index contributed by atoms with van der Waals surface area (Å²) in [6, 6.07) is 14.6. The molecule has 1 atom stereocenters. The molecule has 94 valence electrons.